The third-order valence-corrected chi connectivity index (χ3v) is 4.91. The van der Waals surface area contributed by atoms with Crippen LogP contribution in [0.3, 0.4) is 0 Å². The average molecular weight is 208 g/mol. The molecule has 0 amide bonds. The molecule has 0 spiro atoms. The maximum Gasteiger partial charge on any atom is 0.0260 e. The molecule has 2 saturated heterocycles. The Labute approximate surface area is 93.2 Å². The molecule has 5 atom stereocenters. The number of nitrogens with zero attached hydrogens (tertiary/aromatic N) is 1. The van der Waals surface area contributed by atoms with Crippen LogP contribution in [-0.4, -0.2) is 28.6 Å². The monoisotopic (exact) mass is 208 g/mol. The van der Waals surface area contributed by atoms with E-state index in [-0.39, 0.29) is 0 Å². The van der Waals surface area contributed by atoms with Gasteiger partial charge in [0.05, 0.1) is 0 Å². The zero-order valence-corrected chi connectivity index (χ0v) is 10.2. The lowest BCUT2D eigenvalue weighted by Crippen LogP contribution is -2.70. The first-order chi connectivity index (χ1) is 6.97. The molecule has 5 unspecified atom stereocenters. The van der Waals surface area contributed by atoms with Crippen LogP contribution in [0.5, 0.6) is 0 Å². The van der Waals surface area contributed by atoms with Gasteiger partial charge in [-0.25, -0.2) is 0 Å². The minimum absolute atomic E-state index is 0.306. The lowest BCUT2D eigenvalue weighted by molar-refractivity contribution is -0.114. The predicted molar refractivity (Wildman–Crippen MR) is 62.6 cm³/mol. The molecule has 86 valence electrons. The summed E-state index contributed by atoms with van der Waals surface area (Å²) in [6.07, 6.45) is 5.60. The summed E-state index contributed by atoms with van der Waals surface area (Å²) < 4.78 is 0. The summed E-state index contributed by atoms with van der Waals surface area (Å²) in [5.41, 5.74) is 6.72. The average Bonchev–Trinajstić information content (AvgIpc) is 2.10. The van der Waals surface area contributed by atoms with E-state index in [0.29, 0.717) is 17.6 Å². The number of hydrogen-bond donors (Lipinski definition) is 1. The van der Waals surface area contributed by atoms with Crippen LogP contribution in [0, 0.1) is 11.8 Å². The third-order valence-electron chi connectivity index (χ3n) is 4.91. The summed E-state index contributed by atoms with van der Waals surface area (Å²) in [5.74, 6) is 1.84. The maximum atomic E-state index is 6.41. The molecule has 0 aromatic carbocycles. The summed E-state index contributed by atoms with van der Waals surface area (Å²) in [7, 11) is 0. The molecule has 15 heavy (non-hydrogen) atoms. The molecule has 2 nitrogen and oxygen atoms in total. The second-order valence-corrected chi connectivity index (χ2v) is 6.95. The van der Waals surface area contributed by atoms with Crippen LogP contribution in [0.1, 0.15) is 46.5 Å². The van der Waals surface area contributed by atoms with Crippen LogP contribution in [-0.2, 0) is 0 Å². The van der Waals surface area contributed by atoms with E-state index in [1.54, 1.807) is 0 Å². The summed E-state index contributed by atoms with van der Waals surface area (Å²) in [6.45, 7) is 7.05. The van der Waals surface area contributed by atoms with Crippen LogP contribution in [0.25, 0.3) is 0 Å². The van der Waals surface area contributed by atoms with Crippen molar-refractivity contribution < 1.29 is 0 Å². The predicted octanol–water partition coefficient (Wildman–Crippen LogP) is 1.98. The molecule has 2 N–H and O–H groups in total. The summed E-state index contributed by atoms with van der Waals surface area (Å²) >= 11 is 0. The number of hydrogen-bond acceptors (Lipinski definition) is 2. The zero-order chi connectivity index (χ0) is 10.8. The normalized spacial score (nSPS) is 50.0. The van der Waals surface area contributed by atoms with Gasteiger partial charge in [0, 0.05) is 23.7 Å². The van der Waals surface area contributed by atoms with E-state index >= 15 is 0 Å². The largest absolute Gasteiger partial charge is 0.326 e. The van der Waals surface area contributed by atoms with Crippen LogP contribution in [0.4, 0.5) is 0 Å². The molecule has 2 heteroatoms. The highest BCUT2D eigenvalue weighted by molar-refractivity contribution is 5.09. The molecule has 4 bridgehead atoms. The van der Waals surface area contributed by atoms with Crippen molar-refractivity contribution in [3.8, 4) is 0 Å². The first-order valence-corrected chi connectivity index (χ1v) is 6.51. The number of nitrogens with two attached hydrogens (primary N) is 1. The van der Waals surface area contributed by atoms with E-state index in [1.165, 1.54) is 25.7 Å². The van der Waals surface area contributed by atoms with Crippen LogP contribution in [0.15, 0.2) is 0 Å². The van der Waals surface area contributed by atoms with Gasteiger partial charge in [-0.05, 0) is 58.3 Å². The first kappa shape index (κ1) is 10.1. The molecular formula is C13H24N2. The molecule has 4 rings (SSSR count). The topological polar surface area (TPSA) is 29.3 Å². The lowest BCUT2D eigenvalue weighted by atomic mass is 9.60. The minimum atomic E-state index is 0.306. The second kappa shape index (κ2) is 2.98. The molecular weight excluding hydrogens is 184 g/mol. The van der Waals surface area contributed by atoms with Crippen molar-refractivity contribution in [1.82, 2.24) is 4.90 Å². The van der Waals surface area contributed by atoms with Crippen molar-refractivity contribution in [2.45, 2.75) is 70.1 Å². The summed E-state index contributed by atoms with van der Waals surface area (Å²) in [5, 5.41) is 0. The van der Waals surface area contributed by atoms with E-state index in [4.69, 9.17) is 5.73 Å². The van der Waals surface area contributed by atoms with E-state index in [9.17, 15) is 0 Å². The fourth-order valence-corrected chi connectivity index (χ4v) is 4.61. The van der Waals surface area contributed by atoms with E-state index in [0.717, 1.165) is 17.9 Å². The quantitative estimate of drug-likeness (QED) is 0.659. The van der Waals surface area contributed by atoms with Crippen molar-refractivity contribution >= 4 is 0 Å². The van der Waals surface area contributed by atoms with Crippen molar-refractivity contribution in [2.75, 3.05) is 0 Å². The molecule has 2 aliphatic heterocycles. The highest BCUT2D eigenvalue weighted by atomic mass is 15.3. The van der Waals surface area contributed by atoms with Gasteiger partial charge >= 0.3 is 0 Å². The van der Waals surface area contributed by atoms with Gasteiger partial charge < -0.3 is 5.73 Å². The molecule has 0 radical (unpaired) electrons. The third kappa shape index (κ3) is 1.38. The van der Waals surface area contributed by atoms with Crippen LogP contribution < -0.4 is 5.73 Å². The Morgan fingerprint density at radius 2 is 1.80 bits per heavy atom. The number of piperidine rings is 2. The van der Waals surface area contributed by atoms with Gasteiger partial charge in [-0.1, -0.05) is 0 Å². The van der Waals surface area contributed by atoms with Gasteiger partial charge in [0.25, 0.3) is 0 Å². The summed E-state index contributed by atoms with van der Waals surface area (Å²) in [6, 6.07) is 1.98. The number of rotatable bonds is 0. The fourth-order valence-electron chi connectivity index (χ4n) is 4.61. The molecule has 2 aliphatic carbocycles. The van der Waals surface area contributed by atoms with E-state index in [1.807, 2.05) is 0 Å². The smallest absolute Gasteiger partial charge is 0.0260 e. The van der Waals surface area contributed by atoms with Gasteiger partial charge in [0.1, 0.15) is 0 Å². The molecule has 4 aliphatic rings. The Balaban J connectivity index is 1.92. The maximum absolute atomic E-state index is 6.41. The zero-order valence-electron chi connectivity index (χ0n) is 10.2. The Kier molecular flexibility index (Phi) is 2.01. The SMILES string of the molecule is CC(C)(C)N1C2CC3CC(C2)C(N)C1C3. The molecule has 2 heterocycles. The lowest BCUT2D eigenvalue weighted by Gasteiger charge is -2.63. The van der Waals surface area contributed by atoms with Gasteiger partial charge in [-0.3, -0.25) is 4.90 Å². The van der Waals surface area contributed by atoms with Gasteiger partial charge in [-0.15, -0.1) is 0 Å². The Bertz CT molecular complexity index is 268. The Morgan fingerprint density at radius 1 is 1.07 bits per heavy atom. The highest BCUT2D eigenvalue weighted by Gasteiger charge is 2.53. The standard InChI is InChI=1S/C13H24N2/c1-13(2,3)15-10-5-8-4-9(7-10)12(14)11(15)6-8/h8-12H,4-7,14H2,1-3H3. The molecule has 0 aromatic rings. The van der Waals surface area contributed by atoms with Gasteiger partial charge in [-0.2, -0.15) is 0 Å². The van der Waals surface area contributed by atoms with Crippen molar-refractivity contribution in [1.29, 1.82) is 0 Å². The van der Waals surface area contributed by atoms with Crippen molar-refractivity contribution in [2.24, 2.45) is 17.6 Å². The fraction of sp³-hybridized carbons (Fsp3) is 1.00. The van der Waals surface area contributed by atoms with E-state index < -0.39 is 0 Å². The molecule has 4 fully saturated rings. The summed E-state index contributed by atoms with van der Waals surface area (Å²) in [4.78, 5) is 2.74. The van der Waals surface area contributed by atoms with E-state index in [2.05, 4.69) is 25.7 Å². The van der Waals surface area contributed by atoms with Crippen molar-refractivity contribution in [3.63, 3.8) is 0 Å². The van der Waals surface area contributed by atoms with Gasteiger partial charge in [0.15, 0.2) is 0 Å². The Hall–Kier alpha value is -0.0800. The Morgan fingerprint density at radius 3 is 2.47 bits per heavy atom. The molecule has 2 saturated carbocycles. The highest BCUT2D eigenvalue weighted by Crippen LogP contribution is 2.50. The van der Waals surface area contributed by atoms with Crippen LogP contribution >= 0.6 is 0 Å². The first-order valence-electron chi connectivity index (χ1n) is 6.51. The minimum Gasteiger partial charge on any atom is -0.326 e. The second-order valence-electron chi connectivity index (χ2n) is 6.95. The van der Waals surface area contributed by atoms with Crippen molar-refractivity contribution in [3.05, 3.63) is 0 Å². The van der Waals surface area contributed by atoms with Crippen LogP contribution in [0.2, 0.25) is 0 Å². The molecule has 0 aromatic heterocycles. The van der Waals surface area contributed by atoms with Gasteiger partial charge in [0.2, 0.25) is 0 Å².